The molecule has 0 aromatic heterocycles. The highest BCUT2D eigenvalue weighted by atomic mass is 35.5. The fourth-order valence-electron chi connectivity index (χ4n) is 2.52. The molecular formula is C21H19ClN2O3S2. The number of hydrogen-bond acceptors (Lipinski definition) is 4. The summed E-state index contributed by atoms with van der Waals surface area (Å²) in [5.41, 5.74) is 0.478. The highest BCUT2D eigenvalue weighted by Gasteiger charge is 2.16. The van der Waals surface area contributed by atoms with Crippen molar-refractivity contribution in [3.8, 4) is 0 Å². The Balaban J connectivity index is 1.63. The van der Waals surface area contributed by atoms with Crippen LogP contribution in [0.15, 0.2) is 88.7 Å². The molecule has 0 aliphatic carbocycles. The number of hydrogen-bond donors (Lipinski definition) is 2. The van der Waals surface area contributed by atoms with Crippen molar-refractivity contribution in [1.82, 2.24) is 5.32 Å². The molecule has 0 saturated heterocycles. The molecule has 0 saturated carbocycles. The van der Waals surface area contributed by atoms with Gasteiger partial charge in [-0.05, 0) is 42.5 Å². The fourth-order valence-corrected chi connectivity index (χ4v) is 4.59. The van der Waals surface area contributed by atoms with Gasteiger partial charge in [0.05, 0.1) is 15.5 Å². The molecule has 2 N–H and O–H groups in total. The molecule has 3 aromatic carbocycles. The molecule has 3 rings (SSSR count). The second-order valence-electron chi connectivity index (χ2n) is 6.03. The van der Waals surface area contributed by atoms with Gasteiger partial charge in [0, 0.05) is 22.9 Å². The average molecular weight is 447 g/mol. The lowest BCUT2D eigenvalue weighted by Gasteiger charge is -2.11. The van der Waals surface area contributed by atoms with Crippen molar-refractivity contribution >= 4 is 45.0 Å². The second kappa shape index (κ2) is 9.82. The molecular weight excluding hydrogens is 428 g/mol. The number of rotatable bonds is 8. The summed E-state index contributed by atoms with van der Waals surface area (Å²) < 4.78 is 27.4. The van der Waals surface area contributed by atoms with Crippen molar-refractivity contribution in [2.75, 3.05) is 17.0 Å². The van der Waals surface area contributed by atoms with Crippen LogP contribution in [0.4, 0.5) is 5.69 Å². The minimum Gasteiger partial charge on any atom is -0.351 e. The molecule has 8 heteroatoms. The smallest absolute Gasteiger partial charge is 0.261 e. The van der Waals surface area contributed by atoms with Crippen LogP contribution in [0.5, 0.6) is 0 Å². The van der Waals surface area contributed by atoms with Gasteiger partial charge in [-0.3, -0.25) is 9.52 Å². The van der Waals surface area contributed by atoms with E-state index in [0.717, 1.165) is 4.90 Å². The molecule has 0 spiro atoms. The average Bonchev–Trinajstić information content (AvgIpc) is 2.73. The summed E-state index contributed by atoms with van der Waals surface area (Å²) >= 11 is 7.78. The topological polar surface area (TPSA) is 75.3 Å². The normalized spacial score (nSPS) is 11.1. The van der Waals surface area contributed by atoms with Crippen molar-refractivity contribution in [3.05, 3.63) is 89.4 Å². The Morgan fingerprint density at radius 1 is 0.931 bits per heavy atom. The van der Waals surface area contributed by atoms with Gasteiger partial charge < -0.3 is 5.32 Å². The number of sulfonamides is 1. The van der Waals surface area contributed by atoms with Gasteiger partial charge in [-0.15, -0.1) is 11.8 Å². The first kappa shape index (κ1) is 21.2. The van der Waals surface area contributed by atoms with E-state index in [2.05, 4.69) is 10.0 Å². The molecule has 0 fully saturated rings. The van der Waals surface area contributed by atoms with Gasteiger partial charge in [-0.2, -0.15) is 0 Å². The van der Waals surface area contributed by atoms with Gasteiger partial charge in [0.1, 0.15) is 0 Å². The third-order valence-corrected chi connectivity index (χ3v) is 6.66. The van der Waals surface area contributed by atoms with E-state index in [-0.39, 0.29) is 27.1 Å². The first-order valence-electron chi connectivity index (χ1n) is 8.79. The van der Waals surface area contributed by atoms with E-state index in [4.69, 9.17) is 11.6 Å². The Morgan fingerprint density at radius 2 is 1.59 bits per heavy atom. The van der Waals surface area contributed by atoms with Crippen molar-refractivity contribution in [2.45, 2.75) is 9.79 Å². The maximum Gasteiger partial charge on any atom is 0.261 e. The number of anilines is 1. The lowest BCUT2D eigenvalue weighted by atomic mass is 10.2. The van der Waals surface area contributed by atoms with E-state index >= 15 is 0 Å². The third-order valence-electron chi connectivity index (χ3n) is 3.92. The molecule has 0 aliphatic rings. The van der Waals surface area contributed by atoms with E-state index in [1.807, 2.05) is 30.3 Å². The number of carbonyl (C=O) groups is 1. The third kappa shape index (κ3) is 6.00. The van der Waals surface area contributed by atoms with E-state index in [9.17, 15) is 13.2 Å². The molecule has 5 nitrogen and oxygen atoms in total. The number of thioether (sulfide) groups is 1. The van der Waals surface area contributed by atoms with Crippen LogP contribution in [0.2, 0.25) is 5.02 Å². The quantitative estimate of drug-likeness (QED) is 0.389. The van der Waals surface area contributed by atoms with Gasteiger partial charge >= 0.3 is 0 Å². The van der Waals surface area contributed by atoms with Crippen molar-refractivity contribution in [3.63, 3.8) is 0 Å². The summed E-state index contributed by atoms with van der Waals surface area (Å²) in [6.07, 6.45) is 0. The number of carbonyl (C=O) groups excluding carboxylic acids is 1. The largest absolute Gasteiger partial charge is 0.351 e. The van der Waals surface area contributed by atoms with Gasteiger partial charge in [-0.25, -0.2) is 8.42 Å². The Morgan fingerprint density at radius 3 is 2.28 bits per heavy atom. The molecule has 1 amide bonds. The molecule has 29 heavy (non-hydrogen) atoms. The SMILES string of the molecule is O=C(NCCSc1ccccc1)c1cc(NS(=O)(=O)c2ccccc2)ccc1Cl. The van der Waals surface area contributed by atoms with Crippen LogP contribution in [0.1, 0.15) is 10.4 Å². The fraction of sp³-hybridized carbons (Fsp3) is 0.0952. The maximum absolute atomic E-state index is 12.5. The molecule has 0 heterocycles. The minimum atomic E-state index is -3.75. The predicted molar refractivity (Wildman–Crippen MR) is 118 cm³/mol. The first-order valence-corrected chi connectivity index (χ1v) is 11.6. The molecule has 150 valence electrons. The molecule has 0 unspecified atom stereocenters. The highest BCUT2D eigenvalue weighted by Crippen LogP contribution is 2.23. The Labute approximate surface area is 179 Å². The highest BCUT2D eigenvalue weighted by molar-refractivity contribution is 7.99. The second-order valence-corrected chi connectivity index (χ2v) is 9.29. The van der Waals surface area contributed by atoms with Crippen LogP contribution in [0.25, 0.3) is 0 Å². The maximum atomic E-state index is 12.5. The summed E-state index contributed by atoms with van der Waals surface area (Å²) in [6, 6.07) is 22.3. The zero-order valence-electron chi connectivity index (χ0n) is 15.3. The molecule has 0 bridgehead atoms. The van der Waals surface area contributed by atoms with Crippen LogP contribution >= 0.6 is 23.4 Å². The zero-order valence-corrected chi connectivity index (χ0v) is 17.7. The van der Waals surface area contributed by atoms with Gasteiger partial charge in [-0.1, -0.05) is 48.0 Å². The predicted octanol–water partition coefficient (Wildman–Crippen LogP) is 4.66. The Bertz CT molecular complexity index is 1080. The van der Waals surface area contributed by atoms with Gasteiger partial charge in [0.25, 0.3) is 15.9 Å². The summed E-state index contributed by atoms with van der Waals surface area (Å²) in [5, 5.41) is 3.06. The molecule has 3 aromatic rings. The summed E-state index contributed by atoms with van der Waals surface area (Å²) in [6.45, 7) is 0.453. The lowest BCUT2D eigenvalue weighted by molar-refractivity contribution is 0.0956. The number of amides is 1. The van der Waals surface area contributed by atoms with E-state index in [1.54, 1.807) is 30.0 Å². The zero-order chi connectivity index (χ0) is 20.7. The van der Waals surface area contributed by atoms with Crippen LogP contribution in [0.3, 0.4) is 0 Å². The van der Waals surface area contributed by atoms with Crippen LogP contribution in [-0.4, -0.2) is 26.6 Å². The van der Waals surface area contributed by atoms with Crippen LogP contribution in [0, 0.1) is 0 Å². The van der Waals surface area contributed by atoms with Crippen molar-refractivity contribution in [1.29, 1.82) is 0 Å². The molecule has 0 radical (unpaired) electrons. The minimum absolute atomic E-state index is 0.138. The Hall–Kier alpha value is -2.48. The summed E-state index contributed by atoms with van der Waals surface area (Å²) in [5.74, 6) is 0.345. The number of benzene rings is 3. The monoisotopic (exact) mass is 446 g/mol. The number of nitrogens with one attached hydrogen (secondary N) is 2. The van der Waals surface area contributed by atoms with Crippen LogP contribution < -0.4 is 10.0 Å². The van der Waals surface area contributed by atoms with Gasteiger partial charge in [0.2, 0.25) is 0 Å². The standard InChI is InChI=1S/C21H19ClN2O3S2/c22-20-12-11-16(24-29(26,27)18-9-5-2-6-10-18)15-19(20)21(25)23-13-14-28-17-7-3-1-4-8-17/h1-12,15,24H,13-14H2,(H,23,25). The summed E-state index contributed by atoms with van der Waals surface area (Å²) in [7, 11) is -3.75. The number of halogens is 1. The lowest BCUT2D eigenvalue weighted by Crippen LogP contribution is -2.26. The molecule has 0 aliphatic heterocycles. The van der Waals surface area contributed by atoms with Crippen molar-refractivity contribution < 1.29 is 13.2 Å². The van der Waals surface area contributed by atoms with Gasteiger partial charge in [0.15, 0.2) is 0 Å². The van der Waals surface area contributed by atoms with Crippen molar-refractivity contribution in [2.24, 2.45) is 0 Å². The van der Waals surface area contributed by atoms with E-state index in [1.165, 1.54) is 30.3 Å². The van der Waals surface area contributed by atoms with E-state index in [0.29, 0.717) is 12.3 Å². The Kier molecular flexibility index (Phi) is 7.19. The first-order chi connectivity index (χ1) is 14.0. The van der Waals surface area contributed by atoms with Crippen LogP contribution in [-0.2, 0) is 10.0 Å². The van der Waals surface area contributed by atoms with E-state index < -0.39 is 10.0 Å². The summed E-state index contributed by atoms with van der Waals surface area (Å²) in [4.78, 5) is 13.7. The molecule has 0 atom stereocenters.